The van der Waals surface area contributed by atoms with Crippen LogP contribution in [-0.4, -0.2) is 40.6 Å². The highest BCUT2D eigenvalue weighted by Crippen LogP contribution is 2.32. The van der Waals surface area contributed by atoms with Crippen molar-refractivity contribution in [1.29, 1.82) is 0 Å². The molecule has 0 radical (unpaired) electrons. The van der Waals surface area contributed by atoms with Crippen molar-refractivity contribution in [2.45, 2.75) is 38.6 Å². The molecule has 7 nitrogen and oxygen atoms in total. The number of benzene rings is 2. The van der Waals surface area contributed by atoms with Crippen molar-refractivity contribution in [1.82, 2.24) is 15.1 Å². The van der Waals surface area contributed by atoms with Crippen LogP contribution in [0.25, 0.3) is 10.6 Å². The van der Waals surface area contributed by atoms with Crippen LogP contribution in [0.3, 0.4) is 0 Å². The molecule has 1 aromatic heterocycles. The van der Waals surface area contributed by atoms with Crippen molar-refractivity contribution in [2.75, 3.05) is 19.0 Å². The highest BCUT2D eigenvalue weighted by molar-refractivity contribution is 7.18. The molecule has 2 amide bonds. The van der Waals surface area contributed by atoms with Crippen LogP contribution in [0.2, 0.25) is 0 Å². The Labute approximate surface area is 197 Å². The zero-order valence-corrected chi connectivity index (χ0v) is 19.7. The fraction of sp³-hybridized carbons (Fsp3) is 0.360. The Morgan fingerprint density at radius 2 is 1.94 bits per heavy atom. The number of hydrogen-bond donors (Lipinski definition) is 1. The first-order valence-electron chi connectivity index (χ1n) is 11.2. The van der Waals surface area contributed by atoms with Crippen LogP contribution >= 0.6 is 11.3 Å². The molecule has 1 unspecified atom stereocenters. The first-order valence-corrected chi connectivity index (χ1v) is 12.0. The first-order chi connectivity index (χ1) is 16.0. The van der Waals surface area contributed by atoms with Gasteiger partial charge in [-0.15, -0.1) is 10.2 Å². The molecule has 0 aliphatic heterocycles. The largest absolute Gasteiger partial charge is 0.497 e. The number of nitrogens with zero attached hydrogens (tertiary/aromatic N) is 3. The fourth-order valence-corrected chi connectivity index (χ4v) is 4.60. The minimum absolute atomic E-state index is 0.0767. The molecular weight excluding hydrogens is 436 g/mol. The molecule has 0 spiro atoms. The minimum atomic E-state index is -0.185. The molecular formula is C25H28N4O3S. The van der Waals surface area contributed by atoms with Crippen LogP contribution in [-0.2, 0) is 9.59 Å². The normalized spacial score (nSPS) is 14.2. The molecule has 3 aromatic rings. The van der Waals surface area contributed by atoms with Gasteiger partial charge < -0.3 is 15.0 Å². The molecule has 4 rings (SSSR count). The number of methoxy groups -OCH3 is 1. The molecule has 1 N–H and O–H groups in total. The predicted octanol–water partition coefficient (Wildman–Crippen LogP) is 4.93. The molecule has 0 bridgehead atoms. The summed E-state index contributed by atoms with van der Waals surface area (Å²) < 4.78 is 5.26. The summed E-state index contributed by atoms with van der Waals surface area (Å²) in [5.41, 5.74) is 1.94. The van der Waals surface area contributed by atoms with Crippen molar-refractivity contribution >= 4 is 28.3 Å². The Morgan fingerprint density at radius 1 is 1.15 bits per heavy atom. The third-order valence-electron chi connectivity index (χ3n) is 6.05. The SMILES string of the molecule is COc1cccc(-c2nnc(NC(=O)CCN(C(=O)C3CCC3)C(C)c3ccccc3)s2)c1. The minimum Gasteiger partial charge on any atom is -0.497 e. The van der Waals surface area contributed by atoms with Crippen LogP contribution in [0, 0.1) is 5.92 Å². The molecule has 8 heteroatoms. The fourth-order valence-electron chi connectivity index (χ4n) is 3.85. The van der Waals surface area contributed by atoms with E-state index in [1.54, 1.807) is 7.11 Å². The van der Waals surface area contributed by atoms with E-state index < -0.39 is 0 Å². The number of rotatable bonds is 9. The first kappa shape index (κ1) is 22.9. The standard InChI is InChI=1S/C25H28N4O3S/c1-17(18-8-4-3-5-9-18)29(24(31)19-10-6-11-19)15-14-22(30)26-25-28-27-23(33-25)20-12-7-13-21(16-20)32-2/h3-5,7-9,12-13,16-17,19H,6,10-11,14-15H2,1-2H3,(H,26,28,30). The lowest BCUT2D eigenvalue weighted by atomic mass is 9.84. The van der Waals surface area contributed by atoms with Gasteiger partial charge in [-0.25, -0.2) is 0 Å². The number of nitrogens with one attached hydrogen (secondary N) is 1. The monoisotopic (exact) mass is 464 g/mol. The van der Waals surface area contributed by atoms with E-state index in [1.165, 1.54) is 11.3 Å². The van der Waals surface area contributed by atoms with Crippen molar-refractivity contribution in [3.05, 3.63) is 60.2 Å². The third-order valence-corrected chi connectivity index (χ3v) is 6.94. The maximum atomic E-state index is 13.1. The zero-order valence-electron chi connectivity index (χ0n) is 18.9. The summed E-state index contributed by atoms with van der Waals surface area (Å²) in [6.07, 6.45) is 3.16. The number of ether oxygens (including phenoxy) is 1. The molecule has 1 saturated carbocycles. The van der Waals surface area contributed by atoms with Crippen molar-refractivity contribution < 1.29 is 14.3 Å². The van der Waals surface area contributed by atoms with Gasteiger partial charge in [0, 0.05) is 24.4 Å². The lowest BCUT2D eigenvalue weighted by molar-refractivity contribution is -0.140. The summed E-state index contributed by atoms with van der Waals surface area (Å²) in [7, 11) is 1.61. The average Bonchev–Trinajstić information content (AvgIpc) is 3.27. The van der Waals surface area contributed by atoms with Crippen molar-refractivity contribution in [3.63, 3.8) is 0 Å². The third kappa shape index (κ3) is 5.57. The van der Waals surface area contributed by atoms with Crippen molar-refractivity contribution in [2.24, 2.45) is 5.92 Å². The number of carbonyl (C=O) groups excluding carboxylic acids is 2. The average molecular weight is 465 g/mol. The Morgan fingerprint density at radius 3 is 2.64 bits per heavy atom. The number of carbonyl (C=O) groups is 2. The van der Waals surface area contributed by atoms with Crippen molar-refractivity contribution in [3.8, 4) is 16.3 Å². The molecule has 2 aromatic carbocycles. The van der Waals surface area contributed by atoms with Crippen LogP contribution in [0.4, 0.5) is 5.13 Å². The highest BCUT2D eigenvalue weighted by Gasteiger charge is 2.32. The molecule has 1 aliphatic rings. The second kappa shape index (κ2) is 10.6. The summed E-state index contributed by atoms with van der Waals surface area (Å²) in [6, 6.07) is 17.4. The van der Waals surface area contributed by atoms with Gasteiger partial charge in [0.05, 0.1) is 13.2 Å². The predicted molar refractivity (Wildman–Crippen MR) is 129 cm³/mol. The van der Waals surface area contributed by atoms with E-state index in [0.717, 1.165) is 36.1 Å². The van der Waals surface area contributed by atoms with E-state index >= 15 is 0 Å². The number of aromatic nitrogens is 2. The molecule has 33 heavy (non-hydrogen) atoms. The van der Waals surface area contributed by atoms with E-state index in [9.17, 15) is 9.59 Å². The van der Waals surface area contributed by atoms with Gasteiger partial charge in [-0.3, -0.25) is 9.59 Å². The Bertz CT molecular complexity index is 1100. The maximum Gasteiger partial charge on any atom is 0.227 e. The maximum absolute atomic E-state index is 13.1. The van der Waals surface area contributed by atoms with E-state index in [1.807, 2.05) is 66.4 Å². The smallest absolute Gasteiger partial charge is 0.227 e. The van der Waals surface area contributed by atoms with Gasteiger partial charge in [-0.05, 0) is 37.5 Å². The lowest BCUT2D eigenvalue weighted by Crippen LogP contribution is -2.41. The Balaban J connectivity index is 1.39. The second-order valence-electron chi connectivity index (χ2n) is 8.19. The van der Waals surface area contributed by atoms with Crippen LogP contribution in [0.5, 0.6) is 5.75 Å². The van der Waals surface area contributed by atoms with E-state index in [-0.39, 0.29) is 30.2 Å². The second-order valence-corrected chi connectivity index (χ2v) is 9.17. The molecule has 1 heterocycles. The Hall–Kier alpha value is -3.26. The van der Waals surface area contributed by atoms with E-state index in [0.29, 0.717) is 16.7 Å². The topological polar surface area (TPSA) is 84.4 Å². The van der Waals surface area contributed by atoms with Crippen LogP contribution in [0.1, 0.15) is 44.2 Å². The van der Waals surface area contributed by atoms with E-state index in [2.05, 4.69) is 15.5 Å². The lowest BCUT2D eigenvalue weighted by Gasteiger charge is -2.35. The quantitative estimate of drug-likeness (QED) is 0.485. The molecule has 1 atom stereocenters. The Kier molecular flexibility index (Phi) is 7.34. The van der Waals surface area contributed by atoms with E-state index in [4.69, 9.17) is 4.74 Å². The molecule has 0 saturated heterocycles. The summed E-state index contributed by atoms with van der Waals surface area (Å²) in [5, 5.41) is 12.2. The molecule has 172 valence electrons. The zero-order chi connectivity index (χ0) is 23.2. The van der Waals surface area contributed by atoms with Gasteiger partial charge >= 0.3 is 0 Å². The van der Waals surface area contributed by atoms with Crippen LogP contribution in [0.15, 0.2) is 54.6 Å². The van der Waals surface area contributed by atoms with Gasteiger partial charge in [0.1, 0.15) is 10.8 Å². The van der Waals surface area contributed by atoms with Gasteiger partial charge in [0.15, 0.2) is 0 Å². The van der Waals surface area contributed by atoms with Gasteiger partial charge in [0.2, 0.25) is 16.9 Å². The summed E-state index contributed by atoms with van der Waals surface area (Å²) in [6.45, 7) is 2.38. The highest BCUT2D eigenvalue weighted by atomic mass is 32.1. The summed E-state index contributed by atoms with van der Waals surface area (Å²) >= 11 is 1.30. The molecule has 1 fully saturated rings. The number of amides is 2. The van der Waals surface area contributed by atoms with Gasteiger partial charge in [0.25, 0.3) is 0 Å². The molecule has 1 aliphatic carbocycles. The van der Waals surface area contributed by atoms with Gasteiger partial charge in [-0.1, -0.05) is 60.2 Å². The summed E-state index contributed by atoms with van der Waals surface area (Å²) in [5.74, 6) is 0.765. The number of anilines is 1. The summed E-state index contributed by atoms with van der Waals surface area (Å²) in [4.78, 5) is 27.6. The number of hydrogen-bond acceptors (Lipinski definition) is 6. The van der Waals surface area contributed by atoms with Crippen LogP contribution < -0.4 is 10.1 Å². The van der Waals surface area contributed by atoms with Gasteiger partial charge in [-0.2, -0.15) is 0 Å².